The summed E-state index contributed by atoms with van der Waals surface area (Å²) >= 11 is 0. The SMILES string of the molecule is O=C(O)NCC1(C2CCCC2)NC(=O)NC1=O. The summed E-state index contributed by atoms with van der Waals surface area (Å²) in [4.78, 5) is 33.7. The summed E-state index contributed by atoms with van der Waals surface area (Å²) in [6.45, 7) is -0.0788. The van der Waals surface area contributed by atoms with E-state index in [4.69, 9.17) is 5.11 Å². The molecule has 1 heterocycles. The maximum atomic E-state index is 11.9. The highest BCUT2D eigenvalue weighted by atomic mass is 16.4. The van der Waals surface area contributed by atoms with Crippen molar-refractivity contribution >= 4 is 18.0 Å². The minimum atomic E-state index is -1.20. The molecule has 17 heavy (non-hydrogen) atoms. The van der Waals surface area contributed by atoms with Crippen molar-refractivity contribution in [3.8, 4) is 0 Å². The van der Waals surface area contributed by atoms with Crippen LogP contribution in [0.5, 0.6) is 0 Å². The van der Waals surface area contributed by atoms with Crippen LogP contribution in [0.3, 0.4) is 0 Å². The molecule has 1 unspecified atom stereocenters. The Morgan fingerprint density at radius 2 is 2.06 bits per heavy atom. The molecule has 0 aromatic carbocycles. The van der Waals surface area contributed by atoms with Gasteiger partial charge in [0.15, 0.2) is 0 Å². The zero-order valence-corrected chi connectivity index (χ0v) is 9.28. The number of imide groups is 1. The van der Waals surface area contributed by atoms with E-state index in [0.717, 1.165) is 25.7 Å². The van der Waals surface area contributed by atoms with E-state index in [-0.39, 0.29) is 12.5 Å². The topological polar surface area (TPSA) is 108 Å². The Morgan fingerprint density at radius 1 is 1.41 bits per heavy atom. The molecule has 2 fully saturated rings. The van der Waals surface area contributed by atoms with Gasteiger partial charge in [-0.1, -0.05) is 12.8 Å². The molecule has 0 aromatic rings. The van der Waals surface area contributed by atoms with Crippen molar-refractivity contribution in [3.05, 3.63) is 0 Å². The smallest absolute Gasteiger partial charge is 0.404 e. The summed E-state index contributed by atoms with van der Waals surface area (Å²) < 4.78 is 0. The number of carbonyl (C=O) groups excluding carboxylic acids is 2. The average Bonchev–Trinajstić information content (AvgIpc) is 2.84. The van der Waals surface area contributed by atoms with Crippen LogP contribution in [0.4, 0.5) is 9.59 Å². The summed E-state index contributed by atoms with van der Waals surface area (Å²) in [5, 5.41) is 15.6. The van der Waals surface area contributed by atoms with Crippen molar-refractivity contribution in [2.75, 3.05) is 6.54 Å². The lowest BCUT2D eigenvalue weighted by molar-refractivity contribution is -0.125. The molecule has 94 valence electrons. The van der Waals surface area contributed by atoms with Crippen molar-refractivity contribution < 1.29 is 19.5 Å². The number of amides is 4. The number of urea groups is 1. The fourth-order valence-corrected chi connectivity index (χ4v) is 2.70. The average molecular weight is 241 g/mol. The molecule has 7 nitrogen and oxygen atoms in total. The molecule has 1 saturated carbocycles. The van der Waals surface area contributed by atoms with E-state index in [1.165, 1.54) is 0 Å². The van der Waals surface area contributed by atoms with Gasteiger partial charge in [0.25, 0.3) is 5.91 Å². The number of carboxylic acid groups (broad SMARTS) is 1. The molecule has 7 heteroatoms. The van der Waals surface area contributed by atoms with Gasteiger partial charge in [-0.2, -0.15) is 0 Å². The van der Waals surface area contributed by atoms with Crippen molar-refractivity contribution in [1.82, 2.24) is 16.0 Å². The van der Waals surface area contributed by atoms with Gasteiger partial charge in [0, 0.05) is 0 Å². The third-order valence-corrected chi connectivity index (χ3v) is 3.54. The molecule has 0 bridgehead atoms. The number of nitrogens with one attached hydrogen (secondary N) is 3. The Hall–Kier alpha value is -1.79. The molecule has 1 saturated heterocycles. The molecule has 0 aromatic heterocycles. The molecule has 0 radical (unpaired) electrons. The largest absolute Gasteiger partial charge is 0.465 e. The van der Waals surface area contributed by atoms with E-state index in [1.54, 1.807) is 0 Å². The van der Waals surface area contributed by atoms with Gasteiger partial charge >= 0.3 is 12.1 Å². The van der Waals surface area contributed by atoms with E-state index in [0.29, 0.717) is 0 Å². The maximum absolute atomic E-state index is 11.9. The van der Waals surface area contributed by atoms with E-state index in [9.17, 15) is 14.4 Å². The number of hydrogen-bond donors (Lipinski definition) is 4. The Morgan fingerprint density at radius 3 is 2.53 bits per heavy atom. The Kier molecular flexibility index (Phi) is 2.91. The predicted octanol–water partition coefficient (Wildman–Crippen LogP) is 0.0224. The molecule has 4 amide bonds. The van der Waals surface area contributed by atoms with Crippen LogP contribution in [0.25, 0.3) is 0 Å². The normalized spacial score (nSPS) is 28.9. The summed E-state index contributed by atoms with van der Waals surface area (Å²) in [7, 11) is 0. The van der Waals surface area contributed by atoms with Gasteiger partial charge in [0.05, 0.1) is 6.54 Å². The quantitative estimate of drug-likeness (QED) is 0.522. The molecular weight excluding hydrogens is 226 g/mol. The molecule has 2 rings (SSSR count). The van der Waals surface area contributed by atoms with Crippen LogP contribution in [-0.2, 0) is 4.79 Å². The first-order valence-electron chi connectivity index (χ1n) is 5.65. The summed E-state index contributed by atoms with van der Waals surface area (Å²) in [6, 6.07) is -0.547. The van der Waals surface area contributed by atoms with Crippen LogP contribution in [0.1, 0.15) is 25.7 Å². The zero-order chi connectivity index (χ0) is 12.5. The molecule has 4 N–H and O–H groups in total. The van der Waals surface area contributed by atoms with Gasteiger partial charge < -0.3 is 15.7 Å². The van der Waals surface area contributed by atoms with Crippen LogP contribution in [0, 0.1) is 5.92 Å². The zero-order valence-electron chi connectivity index (χ0n) is 9.28. The minimum absolute atomic E-state index is 0.000741. The van der Waals surface area contributed by atoms with E-state index in [2.05, 4.69) is 16.0 Å². The number of carbonyl (C=O) groups is 3. The van der Waals surface area contributed by atoms with Gasteiger partial charge in [-0.3, -0.25) is 10.1 Å². The molecule has 1 aliphatic heterocycles. The first-order valence-corrected chi connectivity index (χ1v) is 5.65. The van der Waals surface area contributed by atoms with Gasteiger partial charge in [0.2, 0.25) is 0 Å². The third kappa shape index (κ3) is 2.04. The standard InChI is InChI=1S/C10H15N3O4/c14-7-10(5-11-9(16)17,13-8(15)12-7)6-3-1-2-4-6/h6,11H,1-5H2,(H,16,17)(H2,12,13,14,15). The lowest BCUT2D eigenvalue weighted by Gasteiger charge is -2.31. The minimum Gasteiger partial charge on any atom is -0.465 e. The highest BCUT2D eigenvalue weighted by molar-refractivity contribution is 6.07. The molecule has 2 aliphatic rings. The molecule has 0 spiro atoms. The fraction of sp³-hybridized carbons (Fsp3) is 0.700. The molecular formula is C10H15N3O4. The maximum Gasteiger partial charge on any atom is 0.404 e. The van der Waals surface area contributed by atoms with Gasteiger partial charge in [-0.25, -0.2) is 9.59 Å². The Labute approximate surface area is 97.9 Å². The van der Waals surface area contributed by atoms with Crippen LogP contribution in [0.15, 0.2) is 0 Å². The fourth-order valence-electron chi connectivity index (χ4n) is 2.70. The second-order valence-electron chi connectivity index (χ2n) is 4.52. The van der Waals surface area contributed by atoms with E-state index < -0.39 is 23.6 Å². The van der Waals surface area contributed by atoms with Gasteiger partial charge in [0.1, 0.15) is 5.54 Å². The Balaban J connectivity index is 2.18. The van der Waals surface area contributed by atoms with Crippen LogP contribution in [0.2, 0.25) is 0 Å². The van der Waals surface area contributed by atoms with Gasteiger partial charge in [-0.05, 0) is 18.8 Å². The van der Waals surface area contributed by atoms with Crippen molar-refractivity contribution in [3.63, 3.8) is 0 Å². The third-order valence-electron chi connectivity index (χ3n) is 3.54. The van der Waals surface area contributed by atoms with E-state index >= 15 is 0 Å². The second kappa shape index (κ2) is 4.23. The van der Waals surface area contributed by atoms with Crippen molar-refractivity contribution in [2.24, 2.45) is 5.92 Å². The van der Waals surface area contributed by atoms with E-state index in [1.807, 2.05) is 0 Å². The predicted molar refractivity (Wildman–Crippen MR) is 57.4 cm³/mol. The Bertz CT molecular complexity index is 365. The molecule has 1 aliphatic carbocycles. The van der Waals surface area contributed by atoms with Gasteiger partial charge in [-0.15, -0.1) is 0 Å². The lowest BCUT2D eigenvalue weighted by Crippen LogP contribution is -2.59. The number of rotatable bonds is 3. The van der Waals surface area contributed by atoms with Crippen LogP contribution < -0.4 is 16.0 Å². The summed E-state index contributed by atoms with van der Waals surface area (Å²) in [5.41, 5.74) is -1.11. The summed E-state index contributed by atoms with van der Waals surface area (Å²) in [5.74, 6) is -0.427. The lowest BCUT2D eigenvalue weighted by atomic mass is 9.82. The monoisotopic (exact) mass is 241 g/mol. The van der Waals surface area contributed by atoms with Crippen molar-refractivity contribution in [2.45, 2.75) is 31.2 Å². The highest BCUT2D eigenvalue weighted by Gasteiger charge is 2.52. The van der Waals surface area contributed by atoms with Crippen molar-refractivity contribution in [1.29, 1.82) is 0 Å². The number of hydrogen-bond acceptors (Lipinski definition) is 3. The summed E-state index contributed by atoms with van der Waals surface area (Å²) in [6.07, 6.45) is 2.46. The first kappa shape index (κ1) is 11.7. The molecule has 1 atom stereocenters. The first-order chi connectivity index (χ1) is 8.04. The van der Waals surface area contributed by atoms with Crippen LogP contribution in [-0.4, -0.2) is 35.2 Å². The van der Waals surface area contributed by atoms with Crippen LogP contribution >= 0.6 is 0 Å². The second-order valence-corrected chi connectivity index (χ2v) is 4.52. The highest BCUT2D eigenvalue weighted by Crippen LogP contribution is 2.35.